The molecule has 1 aliphatic rings. The Morgan fingerprint density at radius 3 is 2.44 bits per heavy atom. The number of aliphatic carboxylic acids is 1. The standard InChI is InChI=1S/C21H25NO3/c1-16-10-6-7-13-18(16)21(20(23)24,17-11-4-3-5-12-17)25-19-14-8-9-15-22(19)2/h3-7,10-13,19H,8-9,14-15H2,1-2H3,(H,23,24)/p-1. The molecule has 1 heterocycles. The van der Waals surface area contributed by atoms with E-state index < -0.39 is 11.6 Å². The van der Waals surface area contributed by atoms with Gasteiger partial charge in [-0.15, -0.1) is 0 Å². The van der Waals surface area contributed by atoms with Crippen molar-refractivity contribution in [3.63, 3.8) is 0 Å². The number of ether oxygens (including phenoxy) is 1. The molecule has 2 atom stereocenters. The molecule has 0 aliphatic carbocycles. The summed E-state index contributed by atoms with van der Waals surface area (Å²) < 4.78 is 6.37. The highest BCUT2D eigenvalue weighted by molar-refractivity contribution is 5.83. The van der Waals surface area contributed by atoms with E-state index in [1.807, 2.05) is 56.4 Å². The van der Waals surface area contributed by atoms with Crippen LogP contribution in [-0.4, -0.2) is 30.7 Å². The van der Waals surface area contributed by atoms with Crippen LogP contribution in [0.5, 0.6) is 0 Å². The molecule has 4 heteroatoms. The van der Waals surface area contributed by atoms with Crippen molar-refractivity contribution >= 4 is 5.97 Å². The maximum Gasteiger partial charge on any atom is 0.160 e. The molecule has 0 spiro atoms. The van der Waals surface area contributed by atoms with Gasteiger partial charge in [0.2, 0.25) is 0 Å². The first-order valence-corrected chi connectivity index (χ1v) is 8.77. The zero-order chi connectivity index (χ0) is 17.9. The van der Waals surface area contributed by atoms with Gasteiger partial charge in [0.15, 0.2) is 5.60 Å². The third-order valence-corrected chi connectivity index (χ3v) is 5.01. The minimum Gasteiger partial charge on any atom is -0.546 e. The average Bonchev–Trinajstić information content (AvgIpc) is 2.62. The van der Waals surface area contributed by atoms with E-state index in [0.717, 1.165) is 31.4 Å². The lowest BCUT2D eigenvalue weighted by Crippen LogP contribution is -2.54. The van der Waals surface area contributed by atoms with Gasteiger partial charge in [0, 0.05) is 6.54 Å². The summed E-state index contributed by atoms with van der Waals surface area (Å²) in [6.07, 6.45) is 2.68. The monoisotopic (exact) mass is 338 g/mol. The Hall–Kier alpha value is -2.17. The van der Waals surface area contributed by atoms with Crippen LogP contribution in [0.3, 0.4) is 0 Å². The smallest absolute Gasteiger partial charge is 0.160 e. The topological polar surface area (TPSA) is 52.6 Å². The SMILES string of the molecule is Cc1ccccc1C(OC1CCCCN1C)(C(=O)[O-])c1ccccc1. The molecule has 0 radical (unpaired) electrons. The minimum atomic E-state index is -1.62. The minimum absolute atomic E-state index is 0.258. The number of hydrogen-bond acceptors (Lipinski definition) is 4. The first-order valence-electron chi connectivity index (χ1n) is 8.77. The van der Waals surface area contributed by atoms with Crippen molar-refractivity contribution in [3.05, 3.63) is 71.3 Å². The number of rotatable bonds is 5. The van der Waals surface area contributed by atoms with Crippen molar-refractivity contribution in [2.45, 2.75) is 38.0 Å². The molecule has 0 bridgehead atoms. The van der Waals surface area contributed by atoms with Crippen molar-refractivity contribution in [1.29, 1.82) is 0 Å². The van der Waals surface area contributed by atoms with E-state index in [9.17, 15) is 9.90 Å². The fraction of sp³-hybridized carbons (Fsp3) is 0.381. The highest BCUT2D eigenvalue weighted by atomic mass is 16.5. The van der Waals surface area contributed by atoms with Gasteiger partial charge in [-0.25, -0.2) is 0 Å². The van der Waals surface area contributed by atoms with E-state index in [-0.39, 0.29) is 6.23 Å². The lowest BCUT2D eigenvalue weighted by molar-refractivity contribution is -0.331. The van der Waals surface area contributed by atoms with Gasteiger partial charge in [-0.05, 0) is 49.9 Å². The number of carbonyl (C=O) groups excluding carboxylic acids is 1. The second-order valence-corrected chi connectivity index (χ2v) is 6.70. The number of likely N-dealkylation sites (tertiary alicyclic amines) is 1. The van der Waals surface area contributed by atoms with Gasteiger partial charge in [-0.2, -0.15) is 0 Å². The zero-order valence-corrected chi connectivity index (χ0v) is 14.8. The molecule has 0 aromatic heterocycles. The highest BCUT2D eigenvalue weighted by Crippen LogP contribution is 2.38. The van der Waals surface area contributed by atoms with Crippen LogP contribution in [0.1, 0.15) is 36.0 Å². The maximum atomic E-state index is 12.5. The van der Waals surface area contributed by atoms with Gasteiger partial charge >= 0.3 is 0 Å². The highest BCUT2D eigenvalue weighted by Gasteiger charge is 2.41. The second-order valence-electron chi connectivity index (χ2n) is 6.70. The Morgan fingerprint density at radius 2 is 1.80 bits per heavy atom. The summed E-state index contributed by atoms with van der Waals surface area (Å²) in [6, 6.07) is 16.6. The zero-order valence-electron chi connectivity index (χ0n) is 14.8. The molecule has 1 aliphatic heterocycles. The molecular weight excluding hydrogens is 314 g/mol. The number of carbonyl (C=O) groups is 1. The van der Waals surface area contributed by atoms with Crippen LogP contribution in [0.4, 0.5) is 0 Å². The number of carboxylic acids is 1. The quantitative estimate of drug-likeness (QED) is 0.840. The number of benzene rings is 2. The van der Waals surface area contributed by atoms with Crippen molar-refractivity contribution in [2.75, 3.05) is 13.6 Å². The molecule has 2 unspecified atom stereocenters. The molecule has 2 aromatic rings. The van der Waals surface area contributed by atoms with Crippen LogP contribution >= 0.6 is 0 Å². The lowest BCUT2D eigenvalue weighted by atomic mass is 9.83. The molecule has 3 rings (SSSR count). The Bertz CT molecular complexity index is 731. The maximum absolute atomic E-state index is 12.5. The van der Waals surface area contributed by atoms with E-state index in [1.54, 1.807) is 12.1 Å². The lowest BCUT2D eigenvalue weighted by Gasteiger charge is -2.43. The van der Waals surface area contributed by atoms with Crippen molar-refractivity contribution in [3.8, 4) is 0 Å². The molecule has 1 fully saturated rings. The van der Waals surface area contributed by atoms with E-state index in [4.69, 9.17) is 4.74 Å². The fourth-order valence-corrected chi connectivity index (χ4v) is 3.60. The van der Waals surface area contributed by atoms with Gasteiger partial charge in [-0.1, -0.05) is 54.6 Å². The molecule has 0 amide bonds. The number of nitrogens with zero attached hydrogens (tertiary/aromatic N) is 1. The summed E-state index contributed by atoms with van der Waals surface area (Å²) in [5, 5.41) is 12.5. The third-order valence-electron chi connectivity index (χ3n) is 5.01. The van der Waals surface area contributed by atoms with E-state index in [1.165, 1.54) is 0 Å². The molecule has 25 heavy (non-hydrogen) atoms. The van der Waals surface area contributed by atoms with E-state index in [0.29, 0.717) is 11.1 Å². The summed E-state index contributed by atoms with van der Waals surface area (Å²) in [5.41, 5.74) is 0.459. The van der Waals surface area contributed by atoms with Crippen LogP contribution < -0.4 is 5.11 Å². The summed E-state index contributed by atoms with van der Waals surface area (Å²) in [7, 11) is 1.98. The van der Waals surface area contributed by atoms with Gasteiger partial charge in [-0.3, -0.25) is 4.90 Å². The number of aryl methyl sites for hydroxylation is 1. The van der Waals surface area contributed by atoms with E-state index >= 15 is 0 Å². The summed E-state index contributed by atoms with van der Waals surface area (Å²) >= 11 is 0. The van der Waals surface area contributed by atoms with Crippen molar-refractivity contribution in [2.24, 2.45) is 0 Å². The van der Waals surface area contributed by atoms with Gasteiger partial charge in [0.1, 0.15) is 6.23 Å². The van der Waals surface area contributed by atoms with Crippen LogP contribution in [-0.2, 0) is 15.1 Å². The average molecular weight is 338 g/mol. The third kappa shape index (κ3) is 3.32. The predicted octanol–water partition coefficient (Wildman–Crippen LogP) is 2.45. The largest absolute Gasteiger partial charge is 0.546 e. The molecule has 0 saturated carbocycles. The molecule has 0 N–H and O–H groups in total. The number of carboxylic acid groups (broad SMARTS) is 1. The Morgan fingerprint density at radius 1 is 1.12 bits per heavy atom. The fourth-order valence-electron chi connectivity index (χ4n) is 3.60. The molecular formula is C21H24NO3-. The molecule has 132 valence electrons. The van der Waals surface area contributed by atoms with Crippen molar-refractivity contribution < 1.29 is 14.6 Å². The number of hydrogen-bond donors (Lipinski definition) is 0. The van der Waals surface area contributed by atoms with E-state index in [2.05, 4.69) is 4.90 Å². The normalized spacial score (nSPS) is 20.8. The molecule has 1 saturated heterocycles. The van der Waals surface area contributed by atoms with Crippen LogP contribution in [0, 0.1) is 6.92 Å². The Kier molecular flexibility index (Phi) is 5.21. The number of piperidine rings is 1. The van der Waals surface area contributed by atoms with Crippen LogP contribution in [0.25, 0.3) is 0 Å². The van der Waals surface area contributed by atoms with Crippen LogP contribution in [0.15, 0.2) is 54.6 Å². The van der Waals surface area contributed by atoms with Gasteiger partial charge in [0.05, 0.1) is 5.97 Å². The Labute approximate surface area is 149 Å². The first kappa shape index (κ1) is 17.6. The van der Waals surface area contributed by atoms with Gasteiger partial charge < -0.3 is 14.6 Å². The molecule has 4 nitrogen and oxygen atoms in total. The summed E-state index contributed by atoms with van der Waals surface area (Å²) in [6.45, 7) is 2.81. The summed E-state index contributed by atoms with van der Waals surface area (Å²) in [5.74, 6) is -1.23. The predicted molar refractivity (Wildman–Crippen MR) is 94.8 cm³/mol. The first-order chi connectivity index (χ1) is 12.1. The van der Waals surface area contributed by atoms with Crippen LogP contribution in [0.2, 0.25) is 0 Å². The van der Waals surface area contributed by atoms with Gasteiger partial charge in [0.25, 0.3) is 0 Å². The second kappa shape index (κ2) is 7.38. The summed E-state index contributed by atoms with van der Waals surface area (Å²) in [4.78, 5) is 14.6. The molecule has 2 aromatic carbocycles. The van der Waals surface area contributed by atoms with Crippen molar-refractivity contribution in [1.82, 2.24) is 4.90 Å². The Balaban J connectivity index is 2.16.